The standard InChI is InChI=1S/C25H28FN5O4S/c1-36(33,34)29-24(32)18-35-19-25(26)12-14-30(15-13-25)22-16-27-17-23(28-22)31(20-8-4-2-5-9-20)21-10-6-3-7-11-21/h2-11,16-17H,12-15,18-19H2,1H3,(H,29,32). The third-order valence-corrected chi connectivity index (χ3v) is 6.34. The van der Waals surface area contributed by atoms with Gasteiger partial charge in [-0.25, -0.2) is 17.8 Å². The maximum Gasteiger partial charge on any atom is 0.259 e. The number of hydrogen-bond donors (Lipinski definition) is 1. The number of para-hydroxylation sites is 2. The van der Waals surface area contributed by atoms with Gasteiger partial charge in [0, 0.05) is 37.3 Å². The Kier molecular flexibility index (Phi) is 7.80. The molecule has 1 aliphatic heterocycles. The molecule has 9 nitrogen and oxygen atoms in total. The number of benzene rings is 2. The SMILES string of the molecule is CS(=O)(=O)NC(=O)COCC1(F)CCN(c2cncc(N(c3ccccc3)c3ccccc3)n2)CC1. The molecule has 1 fully saturated rings. The molecule has 1 aromatic heterocycles. The molecule has 0 atom stereocenters. The van der Waals surface area contributed by atoms with Gasteiger partial charge in [0.05, 0.1) is 25.3 Å². The zero-order valence-corrected chi connectivity index (χ0v) is 20.7. The summed E-state index contributed by atoms with van der Waals surface area (Å²) in [5.74, 6) is 0.453. The number of carbonyl (C=O) groups excluding carboxylic acids is 1. The summed E-state index contributed by atoms with van der Waals surface area (Å²) in [5, 5.41) is 0. The first kappa shape index (κ1) is 25.5. The van der Waals surface area contributed by atoms with Crippen molar-refractivity contribution < 1.29 is 22.3 Å². The van der Waals surface area contributed by atoms with E-state index in [4.69, 9.17) is 9.72 Å². The van der Waals surface area contributed by atoms with E-state index in [2.05, 4.69) is 4.98 Å². The van der Waals surface area contributed by atoms with Crippen molar-refractivity contribution in [3.05, 3.63) is 73.1 Å². The summed E-state index contributed by atoms with van der Waals surface area (Å²) >= 11 is 0. The molecule has 36 heavy (non-hydrogen) atoms. The van der Waals surface area contributed by atoms with Gasteiger partial charge in [0.2, 0.25) is 10.0 Å². The van der Waals surface area contributed by atoms with Crippen molar-refractivity contribution in [2.75, 3.05) is 42.4 Å². The predicted octanol–water partition coefficient (Wildman–Crippen LogP) is 3.35. The average molecular weight is 514 g/mol. The summed E-state index contributed by atoms with van der Waals surface area (Å²) < 4.78 is 44.4. The summed E-state index contributed by atoms with van der Waals surface area (Å²) in [4.78, 5) is 24.8. The summed E-state index contributed by atoms with van der Waals surface area (Å²) in [6.45, 7) is -0.0290. The van der Waals surface area contributed by atoms with Crippen LogP contribution in [0, 0.1) is 0 Å². The Hall–Kier alpha value is -3.57. The molecular weight excluding hydrogens is 485 g/mol. The lowest BCUT2D eigenvalue weighted by atomic mass is 9.94. The molecule has 0 radical (unpaired) electrons. The van der Waals surface area contributed by atoms with Crippen molar-refractivity contribution in [2.24, 2.45) is 0 Å². The first-order valence-electron chi connectivity index (χ1n) is 11.5. The molecule has 0 unspecified atom stereocenters. The van der Waals surface area contributed by atoms with Crippen LogP contribution in [0.4, 0.5) is 27.4 Å². The number of amides is 1. The van der Waals surface area contributed by atoms with E-state index in [1.807, 2.05) is 70.5 Å². The lowest BCUT2D eigenvalue weighted by molar-refractivity contribution is -0.125. The van der Waals surface area contributed by atoms with E-state index in [0.29, 0.717) is 24.7 Å². The topological polar surface area (TPSA) is 105 Å². The number of carbonyl (C=O) groups is 1. The van der Waals surface area contributed by atoms with Gasteiger partial charge in [0.25, 0.3) is 5.91 Å². The lowest BCUT2D eigenvalue weighted by Gasteiger charge is -2.37. The minimum atomic E-state index is -3.67. The van der Waals surface area contributed by atoms with Crippen molar-refractivity contribution in [3.8, 4) is 0 Å². The maximum absolute atomic E-state index is 15.3. The van der Waals surface area contributed by atoms with Crippen LogP contribution in [0.5, 0.6) is 0 Å². The van der Waals surface area contributed by atoms with E-state index >= 15 is 4.39 Å². The largest absolute Gasteiger partial charge is 0.368 e. The van der Waals surface area contributed by atoms with Crippen LogP contribution in [0.2, 0.25) is 0 Å². The second-order valence-corrected chi connectivity index (χ2v) is 10.4. The van der Waals surface area contributed by atoms with Gasteiger partial charge in [-0.2, -0.15) is 0 Å². The number of alkyl halides is 1. The van der Waals surface area contributed by atoms with Gasteiger partial charge in [-0.15, -0.1) is 0 Å². The van der Waals surface area contributed by atoms with Gasteiger partial charge in [0.1, 0.15) is 18.1 Å². The molecular formula is C25H28FN5O4S. The molecule has 1 amide bonds. The van der Waals surface area contributed by atoms with Crippen LogP contribution in [0.1, 0.15) is 12.8 Å². The predicted molar refractivity (Wildman–Crippen MR) is 136 cm³/mol. The monoisotopic (exact) mass is 513 g/mol. The highest BCUT2D eigenvalue weighted by Gasteiger charge is 2.35. The fraction of sp³-hybridized carbons (Fsp3) is 0.320. The fourth-order valence-corrected chi connectivity index (χ4v) is 4.49. The van der Waals surface area contributed by atoms with E-state index in [1.165, 1.54) is 0 Å². The van der Waals surface area contributed by atoms with Gasteiger partial charge in [-0.3, -0.25) is 19.4 Å². The number of rotatable bonds is 9. The lowest BCUT2D eigenvalue weighted by Crippen LogP contribution is -2.45. The highest BCUT2D eigenvalue weighted by atomic mass is 32.2. The summed E-state index contributed by atoms with van der Waals surface area (Å²) in [6, 6.07) is 19.7. The fourth-order valence-electron chi connectivity index (χ4n) is 4.02. The molecule has 0 spiro atoms. The number of sulfonamides is 1. The molecule has 11 heteroatoms. The van der Waals surface area contributed by atoms with Crippen molar-refractivity contribution in [1.29, 1.82) is 0 Å². The quantitative estimate of drug-likeness (QED) is 0.465. The second-order valence-electron chi connectivity index (χ2n) is 8.67. The minimum absolute atomic E-state index is 0.174. The van der Waals surface area contributed by atoms with Crippen LogP contribution in [0.3, 0.4) is 0 Å². The number of piperidine rings is 1. The third-order valence-electron chi connectivity index (χ3n) is 5.74. The van der Waals surface area contributed by atoms with E-state index in [0.717, 1.165) is 17.6 Å². The Balaban J connectivity index is 1.42. The highest BCUT2D eigenvalue weighted by Crippen LogP contribution is 2.34. The summed E-state index contributed by atoms with van der Waals surface area (Å²) in [7, 11) is -3.67. The first-order valence-corrected chi connectivity index (χ1v) is 13.4. The van der Waals surface area contributed by atoms with Crippen LogP contribution in [0.15, 0.2) is 73.1 Å². The molecule has 3 aromatic rings. The Morgan fingerprint density at radius 3 is 2.19 bits per heavy atom. The first-order chi connectivity index (χ1) is 17.2. The number of nitrogens with one attached hydrogen (secondary N) is 1. The van der Waals surface area contributed by atoms with Crippen LogP contribution in [-0.2, 0) is 19.6 Å². The number of aromatic nitrogens is 2. The molecule has 1 N–H and O–H groups in total. The Morgan fingerprint density at radius 1 is 1.06 bits per heavy atom. The average Bonchev–Trinajstić information content (AvgIpc) is 2.85. The molecule has 190 valence electrons. The Labute approximate surface area is 210 Å². The smallest absolute Gasteiger partial charge is 0.259 e. The molecule has 0 saturated carbocycles. The van der Waals surface area contributed by atoms with Crippen LogP contribution < -0.4 is 14.5 Å². The van der Waals surface area contributed by atoms with Gasteiger partial charge in [-0.1, -0.05) is 36.4 Å². The Morgan fingerprint density at radius 2 is 1.64 bits per heavy atom. The summed E-state index contributed by atoms with van der Waals surface area (Å²) in [6.07, 6.45) is 4.58. The van der Waals surface area contributed by atoms with Gasteiger partial charge >= 0.3 is 0 Å². The van der Waals surface area contributed by atoms with Gasteiger partial charge in [0.15, 0.2) is 5.82 Å². The van der Waals surface area contributed by atoms with Gasteiger partial charge in [-0.05, 0) is 24.3 Å². The number of anilines is 4. The molecule has 2 aromatic carbocycles. The van der Waals surface area contributed by atoms with E-state index in [-0.39, 0.29) is 19.4 Å². The normalized spacial score (nSPS) is 15.3. The minimum Gasteiger partial charge on any atom is -0.368 e. The maximum atomic E-state index is 15.3. The summed E-state index contributed by atoms with van der Waals surface area (Å²) in [5.41, 5.74) is 0.259. The van der Waals surface area contributed by atoms with E-state index in [1.54, 1.807) is 17.1 Å². The molecule has 2 heterocycles. The van der Waals surface area contributed by atoms with Crippen LogP contribution >= 0.6 is 0 Å². The van der Waals surface area contributed by atoms with Crippen molar-refractivity contribution >= 4 is 38.9 Å². The number of hydrogen-bond acceptors (Lipinski definition) is 8. The second kappa shape index (κ2) is 11.0. The van der Waals surface area contributed by atoms with Crippen molar-refractivity contribution in [1.82, 2.24) is 14.7 Å². The molecule has 4 rings (SSSR count). The van der Waals surface area contributed by atoms with Gasteiger partial charge < -0.3 is 9.64 Å². The third kappa shape index (κ3) is 6.76. The zero-order chi connectivity index (χ0) is 25.6. The molecule has 0 bridgehead atoms. The van der Waals surface area contributed by atoms with E-state index in [9.17, 15) is 13.2 Å². The van der Waals surface area contributed by atoms with Crippen molar-refractivity contribution in [2.45, 2.75) is 18.5 Å². The molecule has 1 aliphatic rings. The number of nitrogens with zero attached hydrogens (tertiary/aromatic N) is 4. The Bertz CT molecular complexity index is 1230. The molecule has 1 saturated heterocycles. The van der Waals surface area contributed by atoms with E-state index < -0.39 is 28.2 Å². The van der Waals surface area contributed by atoms with Crippen LogP contribution in [-0.4, -0.2) is 62.5 Å². The van der Waals surface area contributed by atoms with Crippen molar-refractivity contribution in [3.63, 3.8) is 0 Å². The number of halogens is 1. The highest BCUT2D eigenvalue weighted by molar-refractivity contribution is 7.89. The molecule has 0 aliphatic carbocycles. The van der Waals surface area contributed by atoms with Crippen LogP contribution in [0.25, 0.3) is 0 Å². The zero-order valence-electron chi connectivity index (χ0n) is 19.9. The number of ether oxygens (including phenoxy) is 1.